The second kappa shape index (κ2) is 5.98. The van der Waals surface area contributed by atoms with Crippen molar-refractivity contribution in [3.63, 3.8) is 0 Å². The van der Waals surface area contributed by atoms with Gasteiger partial charge in [-0.25, -0.2) is 4.98 Å². The molecule has 1 heterocycles. The Hall–Kier alpha value is -0.610. The van der Waals surface area contributed by atoms with Crippen LogP contribution in [0.1, 0.15) is 6.42 Å². The van der Waals surface area contributed by atoms with Crippen molar-refractivity contribution in [1.29, 1.82) is 0 Å². The van der Waals surface area contributed by atoms with Gasteiger partial charge >= 0.3 is 0 Å². The van der Waals surface area contributed by atoms with E-state index in [1.807, 2.05) is 11.8 Å². The highest BCUT2D eigenvalue weighted by Gasteiger charge is 1.97. The quantitative estimate of drug-likeness (QED) is 0.604. The van der Waals surface area contributed by atoms with E-state index in [1.54, 1.807) is 12.1 Å². The van der Waals surface area contributed by atoms with Crippen molar-refractivity contribution in [3.8, 4) is 0 Å². The van der Waals surface area contributed by atoms with E-state index in [0.29, 0.717) is 10.8 Å². The smallest absolute Gasteiger partial charge is 0.133 e. The van der Waals surface area contributed by atoms with Gasteiger partial charge in [-0.15, -0.1) is 0 Å². The van der Waals surface area contributed by atoms with Gasteiger partial charge in [-0.1, -0.05) is 11.6 Å². The van der Waals surface area contributed by atoms with Crippen molar-refractivity contribution in [2.75, 3.05) is 29.6 Å². The van der Waals surface area contributed by atoms with Crippen LogP contribution in [0.5, 0.6) is 0 Å². The third-order valence-corrected chi connectivity index (χ3v) is 2.54. The molecule has 0 amide bonds. The number of nitrogens with two attached hydrogens (primary N) is 1. The Morgan fingerprint density at radius 2 is 2.36 bits per heavy atom. The highest BCUT2D eigenvalue weighted by atomic mass is 35.5. The SMILES string of the molecule is CSCCCNc1cc(N)cc(Cl)n1. The third kappa shape index (κ3) is 4.07. The van der Waals surface area contributed by atoms with Crippen LogP contribution in [-0.4, -0.2) is 23.5 Å². The minimum absolute atomic E-state index is 0.428. The molecule has 3 N–H and O–H groups in total. The molecule has 0 radical (unpaired) electrons. The molecular formula is C9H14ClN3S. The lowest BCUT2D eigenvalue weighted by Crippen LogP contribution is -2.04. The number of rotatable bonds is 5. The Labute approximate surface area is 93.4 Å². The number of nitrogens with one attached hydrogen (secondary N) is 1. The number of nitrogens with zero attached hydrogens (tertiary/aromatic N) is 1. The maximum Gasteiger partial charge on any atom is 0.133 e. The molecule has 78 valence electrons. The average Bonchev–Trinajstić information content (AvgIpc) is 2.11. The summed E-state index contributed by atoms with van der Waals surface area (Å²) in [4.78, 5) is 4.10. The molecule has 0 spiro atoms. The minimum atomic E-state index is 0.428. The van der Waals surface area contributed by atoms with E-state index in [0.717, 1.165) is 24.5 Å². The van der Waals surface area contributed by atoms with Crippen molar-refractivity contribution < 1.29 is 0 Å². The van der Waals surface area contributed by atoms with Crippen LogP contribution in [0.3, 0.4) is 0 Å². The molecule has 14 heavy (non-hydrogen) atoms. The van der Waals surface area contributed by atoms with Crippen LogP contribution >= 0.6 is 23.4 Å². The van der Waals surface area contributed by atoms with Crippen molar-refractivity contribution >= 4 is 34.9 Å². The number of hydrogen-bond acceptors (Lipinski definition) is 4. The summed E-state index contributed by atoms with van der Waals surface area (Å²) in [6.45, 7) is 0.896. The molecule has 0 aliphatic rings. The summed E-state index contributed by atoms with van der Waals surface area (Å²) in [5.74, 6) is 1.89. The zero-order chi connectivity index (χ0) is 10.4. The summed E-state index contributed by atoms with van der Waals surface area (Å²) < 4.78 is 0. The van der Waals surface area contributed by atoms with Gasteiger partial charge in [0.05, 0.1) is 0 Å². The zero-order valence-corrected chi connectivity index (χ0v) is 9.66. The molecule has 0 aliphatic heterocycles. The lowest BCUT2D eigenvalue weighted by atomic mass is 10.4. The summed E-state index contributed by atoms with van der Waals surface area (Å²) in [6, 6.07) is 3.42. The van der Waals surface area contributed by atoms with Gasteiger partial charge in [0.25, 0.3) is 0 Å². The Morgan fingerprint density at radius 3 is 3.00 bits per heavy atom. The van der Waals surface area contributed by atoms with Gasteiger partial charge in [0, 0.05) is 18.3 Å². The molecule has 0 saturated heterocycles. The minimum Gasteiger partial charge on any atom is -0.399 e. The lowest BCUT2D eigenvalue weighted by molar-refractivity contribution is 0.982. The number of hydrogen-bond donors (Lipinski definition) is 2. The number of aromatic nitrogens is 1. The van der Waals surface area contributed by atoms with E-state index >= 15 is 0 Å². The fraction of sp³-hybridized carbons (Fsp3) is 0.444. The van der Waals surface area contributed by atoms with E-state index in [1.165, 1.54) is 0 Å². The molecule has 0 aromatic carbocycles. The van der Waals surface area contributed by atoms with Gasteiger partial charge in [0.2, 0.25) is 0 Å². The summed E-state index contributed by atoms with van der Waals surface area (Å²) in [7, 11) is 0. The van der Waals surface area contributed by atoms with E-state index in [9.17, 15) is 0 Å². The standard InChI is InChI=1S/C9H14ClN3S/c1-14-4-2-3-12-9-6-7(11)5-8(10)13-9/h5-6H,2-4H2,1H3,(H3,11,12,13). The first kappa shape index (κ1) is 11.5. The van der Waals surface area contributed by atoms with Gasteiger partial charge in [0.15, 0.2) is 0 Å². The van der Waals surface area contributed by atoms with Crippen molar-refractivity contribution in [1.82, 2.24) is 4.98 Å². The topological polar surface area (TPSA) is 50.9 Å². The third-order valence-electron chi connectivity index (χ3n) is 1.65. The molecule has 1 aromatic heterocycles. The predicted molar refractivity (Wildman–Crippen MR) is 65.1 cm³/mol. The maximum atomic E-state index is 5.75. The highest BCUT2D eigenvalue weighted by Crippen LogP contribution is 2.15. The van der Waals surface area contributed by atoms with Crippen LogP contribution in [-0.2, 0) is 0 Å². The Morgan fingerprint density at radius 1 is 1.57 bits per heavy atom. The highest BCUT2D eigenvalue weighted by molar-refractivity contribution is 7.98. The van der Waals surface area contributed by atoms with E-state index in [-0.39, 0.29) is 0 Å². The largest absolute Gasteiger partial charge is 0.399 e. The summed E-state index contributed by atoms with van der Waals surface area (Å²) in [5, 5.41) is 3.60. The van der Waals surface area contributed by atoms with E-state index in [2.05, 4.69) is 16.6 Å². The van der Waals surface area contributed by atoms with Gasteiger partial charge < -0.3 is 11.1 Å². The van der Waals surface area contributed by atoms with Crippen LogP contribution in [0, 0.1) is 0 Å². The molecule has 3 nitrogen and oxygen atoms in total. The Bertz CT molecular complexity index is 273. The van der Waals surface area contributed by atoms with Crippen LogP contribution in [0.4, 0.5) is 11.5 Å². The molecule has 0 bridgehead atoms. The van der Waals surface area contributed by atoms with Crippen molar-refractivity contribution in [2.24, 2.45) is 0 Å². The molecule has 0 fully saturated rings. The maximum absolute atomic E-state index is 5.75. The molecule has 0 atom stereocenters. The fourth-order valence-electron chi connectivity index (χ4n) is 1.04. The molecule has 0 saturated carbocycles. The number of anilines is 2. The van der Waals surface area contributed by atoms with Gasteiger partial charge in [-0.2, -0.15) is 11.8 Å². The van der Waals surface area contributed by atoms with Crippen LogP contribution in [0.25, 0.3) is 0 Å². The molecule has 0 aliphatic carbocycles. The first-order valence-corrected chi connectivity index (χ1v) is 6.15. The molecular weight excluding hydrogens is 218 g/mol. The first-order chi connectivity index (χ1) is 6.72. The van der Waals surface area contributed by atoms with Crippen LogP contribution in [0.2, 0.25) is 5.15 Å². The van der Waals surface area contributed by atoms with Gasteiger partial charge in [-0.05, 0) is 24.5 Å². The number of thioether (sulfide) groups is 1. The Kier molecular flexibility index (Phi) is 4.90. The van der Waals surface area contributed by atoms with E-state index in [4.69, 9.17) is 17.3 Å². The molecule has 1 aromatic rings. The number of nitrogen functional groups attached to an aromatic ring is 1. The molecule has 5 heteroatoms. The lowest BCUT2D eigenvalue weighted by Gasteiger charge is -2.05. The second-order valence-electron chi connectivity index (χ2n) is 2.88. The predicted octanol–water partition coefficient (Wildman–Crippen LogP) is 2.48. The summed E-state index contributed by atoms with van der Waals surface area (Å²) >= 11 is 7.59. The van der Waals surface area contributed by atoms with Crippen LogP contribution in [0.15, 0.2) is 12.1 Å². The van der Waals surface area contributed by atoms with Crippen LogP contribution < -0.4 is 11.1 Å². The molecule has 0 unspecified atom stereocenters. The van der Waals surface area contributed by atoms with Gasteiger partial charge in [-0.3, -0.25) is 0 Å². The number of halogens is 1. The molecule has 1 rings (SSSR count). The second-order valence-corrected chi connectivity index (χ2v) is 4.25. The first-order valence-electron chi connectivity index (χ1n) is 4.38. The monoisotopic (exact) mass is 231 g/mol. The van der Waals surface area contributed by atoms with Gasteiger partial charge in [0.1, 0.15) is 11.0 Å². The normalized spacial score (nSPS) is 10.1. The fourth-order valence-corrected chi connectivity index (χ4v) is 1.69. The van der Waals surface area contributed by atoms with Crippen molar-refractivity contribution in [2.45, 2.75) is 6.42 Å². The summed E-state index contributed by atoms with van der Waals surface area (Å²) in [6.07, 6.45) is 3.20. The van der Waals surface area contributed by atoms with Crippen molar-refractivity contribution in [3.05, 3.63) is 17.3 Å². The zero-order valence-electron chi connectivity index (χ0n) is 8.09. The van der Waals surface area contributed by atoms with E-state index < -0.39 is 0 Å². The summed E-state index contributed by atoms with van der Waals surface area (Å²) in [5.41, 5.74) is 6.26. The number of pyridine rings is 1. The average molecular weight is 232 g/mol. The Balaban J connectivity index is 2.42.